The fraction of sp³-hybridized carbons (Fsp3) is 0.526. The van der Waals surface area contributed by atoms with Crippen LogP contribution in [0.2, 0.25) is 0 Å². The van der Waals surface area contributed by atoms with Gasteiger partial charge < -0.3 is 10.6 Å². The summed E-state index contributed by atoms with van der Waals surface area (Å²) < 4.78 is 27.9. The zero-order chi connectivity index (χ0) is 21.6. The molecule has 1 saturated carbocycles. The first-order chi connectivity index (χ1) is 13.3. The molecule has 1 saturated heterocycles. The van der Waals surface area contributed by atoms with Gasteiger partial charge in [-0.3, -0.25) is 14.5 Å². The first-order valence-electron chi connectivity index (χ1n) is 9.40. The van der Waals surface area contributed by atoms with Crippen LogP contribution in [0.15, 0.2) is 29.2 Å². The number of para-hydroxylation sites is 1. The Morgan fingerprint density at radius 1 is 1.24 bits per heavy atom. The van der Waals surface area contributed by atoms with Gasteiger partial charge in [-0.1, -0.05) is 12.1 Å². The molecule has 0 spiro atoms. The van der Waals surface area contributed by atoms with Crippen molar-refractivity contribution in [1.29, 1.82) is 0 Å². The Hall–Kier alpha value is -2.46. The number of carbonyl (C=O) groups excluding carboxylic acids is 3. The quantitative estimate of drug-likeness (QED) is 0.598. The predicted octanol–water partition coefficient (Wildman–Crippen LogP) is 1.42. The van der Waals surface area contributed by atoms with Gasteiger partial charge in [0, 0.05) is 5.54 Å². The number of anilines is 1. The van der Waals surface area contributed by atoms with Crippen LogP contribution in [0, 0.1) is 5.92 Å². The molecule has 2 aliphatic rings. The molecule has 4 amide bonds. The van der Waals surface area contributed by atoms with Gasteiger partial charge in [-0.05, 0) is 58.6 Å². The normalized spacial score (nSPS) is 22.6. The number of hydrogen-bond donors (Lipinski definition) is 3. The summed E-state index contributed by atoms with van der Waals surface area (Å²) in [6, 6.07) is 5.35. The second kappa shape index (κ2) is 7.10. The summed E-state index contributed by atoms with van der Waals surface area (Å²) in [5.41, 5.74) is -1.61. The monoisotopic (exact) mass is 422 g/mol. The summed E-state index contributed by atoms with van der Waals surface area (Å²) in [6.45, 7) is 6.30. The lowest BCUT2D eigenvalue weighted by Gasteiger charge is -2.22. The van der Waals surface area contributed by atoms with Crippen molar-refractivity contribution in [3.8, 4) is 0 Å². The predicted molar refractivity (Wildman–Crippen MR) is 107 cm³/mol. The Labute approximate surface area is 170 Å². The summed E-state index contributed by atoms with van der Waals surface area (Å²) in [7, 11) is -3.89. The van der Waals surface area contributed by atoms with Crippen molar-refractivity contribution in [3.05, 3.63) is 24.3 Å². The molecule has 158 valence electrons. The SMILES string of the molecule is CC(C)(C)NS(=O)(=O)c1ccccc1NC(=O)CN1C(=O)NC(C)(C2CC2)C1=O. The maximum Gasteiger partial charge on any atom is 0.325 e. The van der Waals surface area contributed by atoms with E-state index in [1.165, 1.54) is 12.1 Å². The topological polar surface area (TPSA) is 125 Å². The molecule has 1 atom stereocenters. The Morgan fingerprint density at radius 3 is 2.45 bits per heavy atom. The van der Waals surface area contributed by atoms with Gasteiger partial charge in [0.25, 0.3) is 5.91 Å². The van der Waals surface area contributed by atoms with Crippen LogP contribution in [-0.2, 0) is 19.6 Å². The smallest absolute Gasteiger partial charge is 0.323 e. The largest absolute Gasteiger partial charge is 0.325 e. The van der Waals surface area contributed by atoms with E-state index in [4.69, 9.17) is 0 Å². The maximum absolute atomic E-state index is 12.7. The van der Waals surface area contributed by atoms with Crippen molar-refractivity contribution in [2.75, 3.05) is 11.9 Å². The second-order valence-corrected chi connectivity index (χ2v) is 10.3. The third-order valence-corrected chi connectivity index (χ3v) is 6.70. The van der Waals surface area contributed by atoms with E-state index in [-0.39, 0.29) is 16.5 Å². The van der Waals surface area contributed by atoms with Gasteiger partial charge >= 0.3 is 6.03 Å². The lowest BCUT2D eigenvalue weighted by molar-refractivity contribution is -0.134. The van der Waals surface area contributed by atoms with Crippen molar-refractivity contribution in [3.63, 3.8) is 0 Å². The fourth-order valence-electron chi connectivity index (χ4n) is 3.39. The zero-order valence-corrected chi connectivity index (χ0v) is 17.7. The molecule has 1 aliphatic carbocycles. The van der Waals surface area contributed by atoms with Crippen molar-refractivity contribution in [2.24, 2.45) is 5.92 Å². The van der Waals surface area contributed by atoms with Crippen LogP contribution in [0.3, 0.4) is 0 Å². The highest BCUT2D eigenvalue weighted by Gasteiger charge is 2.56. The highest BCUT2D eigenvalue weighted by Crippen LogP contribution is 2.42. The molecule has 1 unspecified atom stereocenters. The van der Waals surface area contributed by atoms with Gasteiger partial charge in [-0.2, -0.15) is 0 Å². The minimum absolute atomic E-state index is 0.0752. The average Bonchev–Trinajstić information content (AvgIpc) is 3.39. The molecule has 3 rings (SSSR count). The Balaban J connectivity index is 1.75. The van der Waals surface area contributed by atoms with E-state index in [1.54, 1.807) is 39.8 Å². The summed E-state index contributed by atoms with van der Waals surface area (Å²) in [6.07, 6.45) is 1.71. The fourth-order valence-corrected chi connectivity index (χ4v) is 4.97. The van der Waals surface area contributed by atoms with Crippen LogP contribution < -0.4 is 15.4 Å². The number of benzene rings is 1. The molecule has 2 fully saturated rings. The Kier molecular flexibility index (Phi) is 5.20. The third kappa shape index (κ3) is 4.43. The van der Waals surface area contributed by atoms with Crippen LogP contribution in [-0.4, -0.2) is 48.8 Å². The van der Waals surface area contributed by atoms with Gasteiger partial charge in [0.05, 0.1) is 5.69 Å². The maximum atomic E-state index is 12.7. The van der Waals surface area contributed by atoms with Gasteiger partial charge in [0.15, 0.2) is 0 Å². The summed E-state index contributed by atoms with van der Waals surface area (Å²) >= 11 is 0. The molecule has 0 aromatic heterocycles. The minimum Gasteiger partial charge on any atom is -0.323 e. The second-order valence-electron chi connectivity index (χ2n) is 8.70. The molecule has 9 nitrogen and oxygen atoms in total. The Morgan fingerprint density at radius 2 is 1.86 bits per heavy atom. The van der Waals surface area contributed by atoms with Gasteiger partial charge in [-0.25, -0.2) is 17.9 Å². The molecule has 1 heterocycles. The van der Waals surface area contributed by atoms with Crippen LogP contribution in [0.4, 0.5) is 10.5 Å². The summed E-state index contributed by atoms with van der Waals surface area (Å²) in [4.78, 5) is 38.2. The van der Waals surface area contributed by atoms with Crippen molar-refractivity contribution < 1.29 is 22.8 Å². The number of urea groups is 1. The molecule has 10 heteroatoms. The van der Waals surface area contributed by atoms with E-state index >= 15 is 0 Å². The number of nitrogens with zero attached hydrogens (tertiary/aromatic N) is 1. The van der Waals surface area contributed by atoms with Crippen molar-refractivity contribution >= 4 is 33.6 Å². The molecular formula is C19H26N4O5S. The number of nitrogens with one attached hydrogen (secondary N) is 3. The van der Waals surface area contributed by atoms with E-state index in [2.05, 4.69) is 15.4 Å². The van der Waals surface area contributed by atoms with Crippen molar-refractivity contribution in [1.82, 2.24) is 14.9 Å². The van der Waals surface area contributed by atoms with E-state index in [0.29, 0.717) is 0 Å². The molecular weight excluding hydrogens is 396 g/mol. The van der Waals surface area contributed by atoms with Crippen LogP contribution >= 0.6 is 0 Å². The van der Waals surface area contributed by atoms with Crippen LogP contribution in [0.5, 0.6) is 0 Å². The van der Waals surface area contributed by atoms with E-state index in [0.717, 1.165) is 17.7 Å². The number of hydrogen-bond acceptors (Lipinski definition) is 5. The lowest BCUT2D eigenvalue weighted by Crippen LogP contribution is -2.46. The zero-order valence-electron chi connectivity index (χ0n) is 16.9. The molecule has 0 radical (unpaired) electrons. The lowest BCUT2D eigenvalue weighted by atomic mass is 9.96. The van der Waals surface area contributed by atoms with Crippen molar-refractivity contribution in [2.45, 2.75) is 56.5 Å². The number of sulfonamides is 1. The molecule has 1 aliphatic heterocycles. The molecule has 1 aromatic rings. The molecule has 1 aromatic carbocycles. The highest BCUT2D eigenvalue weighted by atomic mass is 32.2. The highest BCUT2D eigenvalue weighted by molar-refractivity contribution is 7.89. The summed E-state index contributed by atoms with van der Waals surface area (Å²) in [5, 5.41) is 5.18. The minimum atomic E-state index is -3.89. The average molecular weight is 423 g/mol. The van der Waals surface area contributed by atoms with Crippen LogP contribution in [0.25, 0.3) is 0 Å². The third-order valence-electron chi connectivity index (χ3n) is 4.89. The first kappa shape index (κ1) is 21.3. The number of rotatable bonds is 6. The molecule has 3 N–H and O–H groups in total. The molecule has 29 heavy (non-hydrogen) atoms. The first-order valence-corrected chi connectivity index (χ1v) is 10.9. The summed E-state index contributed by atoms with van der Waals surface area (Å²) in [5.74, 6) is -1.01. The van der Waals surface area contributed by atoms with Gasteiger partial charge in [0.2, 0.25) is 15.9 Å². The van der Waals surface area contributed by atoms with Gasteiger partial charge in [-0.15, -0.1) is 0 Å². The number of carbonyl (C=O) groups is 3. The number of amides is 4. The molecule has 0 bridgehead atoms. The van der Waals surface area contributed by atoms with Gasteiger partial charge in [0.1, 0.15) is 17.0 Å². The number of imide groups is 1. The standard InChI is InChI=1S/C19H26N4O5S/c1-18(2,3)22-29(27,28)14-8-6-5-7-13(14)20-15(24)11-23-16(25)19(4,12-9-10-12)21-17(23)26/h5-8,12,22H,9-11H2,1-4H3,(H,20,24)(H,21,26). The van der Waals surface area contributed by atoms with E-state index < -0.39 is 45.5 Å². The van der Waals surface area contributed by atoms with E-state index in [9.17, 15) is 22.8 Å². The van der Waals surface area contributed by atoms with Crippen LogP contribution in [0.1, 0.15) is 40.5 Å². The Bertz CT molecular complexity index is 965. The van der Waals surface area contributed by atoms with E-state index in [1.807, 2.05) is 0 Å².